The van der Waals surface area contributed by atoms with Crippen molar-refractivity contribution in [3.63, 3.8) is 0 Å². The summed E-state index contributed by atoms with van der Waals surface area (Å²) in [6.07, 6.45) is 0. The first-order valence-corrected chi connectivity index (χ1v) is 17.1. The van der Waals surface area contributed by atoms with Gasteiger partial charge in [0, 0.05) is 45.6 Å². The first kappa shape index (κ1) is 31.2. The van der Waals surface area contributed by atoms with Gasteiger partial charge in [-0.05, 0) is 74.2 Å². The van der Waals surface area contributed by atoms with E-state index in [0.29, 0.717) is 22.3 Å². The zero-order chi connectivity index (χ0) is 33.0. The number of benzene rings is 5. The van der Waals surface area contributed by atoms with E-state index in [4.69, 9.17) is 4.42 Å². The normalized spacial score (nSPS) is 12.6. The van der Waals surface area contributed by atoms with E-state index in [2.05, 4.69) is 10.3 Å². The quantitative estimate of drug-likeness (QED) is 0.121. The lowest BCUT2D eigenvalue weighted by molar-refractivity contribution is 0.480. The second kappa shape index (κ2) is 11.5. The van der Waals surface area contributed by atoms with Crippen molar-refractivity contribution < 1.29 is 30.4 Å². The zero-order valence-corrected chi connectivity index (χ0v) is 27.0. The Morgan fingerprint density at radius 2 is 1.26 bits per heavy atom. The van der Waals surface area contributed by atoms with Gasteiger partial charge in [-0.2, -0.15) is 16.8 Å². The van der Waals surface area contributed by atoms with Crippen LogP contribution in [0.15, 0.2) is 110 Å². The fraction of sp³-hybridized carbons (Fsp3) is 0.114. The third-order valence-electron chi connectivity index (χ3n) is 7.94. The first-order valence-electron chi connectivity index (χ1n) is 14.3. The smallest absolute Gasteiger partial charge is 0.296 e. The van der Waals surface area contributed by atoms with E-state index in [0.717, 1.165) is 27.9 Å². The maximum absolute atomic E-state index is 12.8. The number of aryl methyl sites for hydroxylation is 4. The van der Waals surface area contributed by atoms with E-state index >= 15 is 0 Å². The molecule has 1 heterocycles. The Morgan fingerprint density at radius 1 is 0.652 bits per heavy atom. The summed E-state index contributed by atoms with van der Waals surface area (Å²) < 4.78 is 77.6. The number of para-hydroxylation sites is 2. The number of anilines is 2. The molecule has 3 N–H and O–H groups in total. The molecule has 0 atom stereocenters. The molecule has 0 fully saturated rings. The van der Waals surface area contributed by atoms with Crippen molar-refractivity contribution in [3.8, 4) is 22.5 Å². The minimum atomic E-state index is -4.82. The summed E-state index contributed by atoms with van der Waals surface area (Å²) in [5.41, 5.74) is 6.74. The average molecular weight is 655 g/mol. The van der Waals surface area contributed by atoms with Crippen LogP contribution in [0, 0.1) is 27.7 Å². The Balaban J connectivity index is 1.74. The van der Waals surface area contributed by atoms with Gasteiger partial charge < -0.3 is 9.73 Å². The lowest BCUT2D eigenvalue weighted by atomic mass is 9.93. The molecule has 0 saturated carbocycles. The van der Waals surface area contributed by atoms with Crippen LogP contribution in [0.2, 0.25) is 0 Å². The van der Waals surface area contributed by atoms with Gasteiger partial charge in [-0.25, -0.2) is 4.99 Å². The Labute approximate surface area is 266 Å². The molecule has 0 aromatic heterocycles. The molecule has 9 nitrogen and oxygen atoms in total. The summed E-state index contributed by atoms with van der Waals surface area (Å²) in [6, 6.07) is 25.3. The number of nitrogens with one attached hydrogen (secondary N) is 1. The van der Waals surface area contributed by atoms with Gasteiger partial charge in [-0.15, -0.1) is 0 Å². The van der Waals surface area contributed by atoms with Crippen LogP contribution in [0.3, 0.4) is 0 Å². The third-order valence-corrected chi connectivity index (χ3v) is 9.73. The van der Waals surface area contributed by atoms with E-state index in [9.17, 15) is 25.9 Å². The number of hydrogen-bond donors (Lipinski definition) is 3. The zero-order valence-electron chi connectivity index (χ0n) is 25.4. The Kier molecular flexibility index (Phi) is 7.81. The molecule has 0 unspecified atom stereocenters. The lowest BCUT2D eigenvalue weighted by Gasteiger charge is -2.19. The lowest BCUT2D eigenvalue weighted by Crippen LogP contribution is -2.16. The summed E-state index contributed by atoms with van der Waals surface area (Å²) >= 11 is 0. The Morgan fingerprint density at radius 3 is 1.89 bits per heavy atom. The van der Waals surface area contributed by atoms with Gasteiger partial charge in [0.25, 0.3) is 20.2 Å². The van der Waals surface area contributed by atoms with Gasteiger partial charge in [-0.1, -0.05) is 54.6 Å². The molecule has 4 aromatic carbocycles. The maximum atomic E-state index is 12.8. The van der Waals surface area contributed by atoms with E-state index in [1.165, 1.54) is 30.3 Å². The molecule has 234 valence electrons. The molecule has 0 radical (unpaired) electrons. The highest BCUT2D eigenvalue weighted by molar-refractivity contribution is 7.86. The van der Waals surface area contributed by atoms with Crippen molar-refractivity contribution >= 4 is 48.3 Å². The molecule has 1 aliphatic heterocycles. The summed E-state index contributed by atoms with van der Waals surface area (Å²) in [7, 11) is -9.53. The van der Waals surface area contributed by atoms with Crippen LogP contribution < -0.4 is 10.7 Å². The summed E-state index contributed by atoms with van der Waals surface area (Å²) in [5.74, 6) is 0.175. The molecule has 4 aromatic rings. The molecule has 0 saturated heterocycles. The number of rotatable bonds is 6. The highest BCUT2D eigenvalue weighted by Gasteiger charge is 2.26. The van der Waals surface area contributed by atoms with E-state index in [1.54, 1.807) is 24.3 Å². The second-order valence-electron chi connectivity index (χ2n) is 11.2. The van der Waals surface area contributed by atoms with Crippen LogP contribution in [0.1, 0.15) is 22.3 Å². The highest BCUT2D eigenvalue weighted by atomic mass is 32.2. The molecule has 0 amide bonds. The van der Waals surface area contributed by atoms with Crippen LogP contribution in [0.4, 0.5) is 17.1 Å². The standard InChI is InChI=1S/C35H30N2O7S2/c1-20-9-7-10-21(2)34(20)36-24-15-16-25-29(17-24)44-30-19-28(37-35-22(3)11-8-12-23(35)4)32(46(41,42)43)18-27(30)33(25)26-13-5-6-14-31(26)45(38,39)40/h5-19,36H,1-4H3,(H,38,39,40)(H,41,42,43)/b37-28+. The minimum absolute atomic E-state index is 0.0608. The van der Waals surface area contributed by atoms with Gasteiger partial charge in [0.1, 0.15) is 21.1 Å². The van der Waals surface area contributed by atoms with Crippen molar-refractivity contribution in [3.05, 3.63) is 119 Å². The van der Waals surface area contributed by atoms with Crippen molar-refractivity contribution in [1.29, 1.82) is 0 Å². The highest BCUT2D eigenvalue weighted by Crippen LogP contribution is 2.43. The fourth-order valence-electron chi connectivity index (χ4n) is 5.72. The fourth-order valence-corrected chi connectivity index (χ4v) is 7.06. The summed E-state index contributed by atoms with van der Waals surface area (Å²) in [5, 5.41) is 3.81. The first-order chi connectivity index (χ1) is 21.7. The number of hydrogen-bond acceptors (Lipinski definition) is 7. The van der Waals surface area contributed by atoms with Gasteiger partial charge in [0.15, 0.2) is 0 Å². The van der Waals surface area contributed by atoms with Crippen LogP contribution in [0.5, 0.6) is 0 Å². The van der Waals surface area contributed by atoms with Gasteiger partial charge in [0.05, 0.1) is 11.0 Å². The van der Waals surface area contributed by atoms with Gasteiger partial charge >= 0.3 is 0 Å². The second-order valence-corrected chi connectivity index (χ2v) is 14.0. The molecule has 2 aliphatic rings. The predicted octanol–water partition coefficient (Wildman–Crippen LogP) is 7.91. The minimum Gasteiger partial charge on any atom is -0.456 e. The van der Waals surface area contributed by atoms with E-state index in [-0.39, 0.29) is 32.7 Å². The molecule has 46 heavy (non-hydrogen) atoms. The molecular formula is C35H30N2O7S2. The molecule has 11 heteroatoms. The number of fused-ring (bicyclic) bond motifs is 2. The SMILES string of the molecule is Cc1cccc(C)c1/N=c1\cc2oc3cc(Nc4c(C)cccc4C)ccc3c(-c3ccccc3S(=O)(=O)O)c-2cc1S(=O)(=O)O. The van der Waals surface area contributed by atoms with Crippen molar-refractivity contribution in [2.24, 2.45) is 4.99 Å². The molecule has 0 bridgehead atoms. The summed E-state index contributed by atoms with van der Waals surface area (Å²) in [4.78, 5) is 3.78. The monoisotopic (exact) mass is 654 g/mol. The van der Waals surface area contributed by atoms with Gasteiger partial charge in [-0.3, -0.25) is 9.11 Å². The molecule has 6 rings (SSSR count). The van der Waals surface area contributed by atoms with Crippen molar-refractivity contribution in [1.82, 2.24) is 0 Å². The Bertz CT molecular complexity index is 2410. The van der Waals surface area contributed by atoms with E-state index in [1.807, 2.05) is 64.1 Å². The largest absolute Gasteiger partial charge is 0.456 e. The van der Waals surface area contributed by atoms with Crippen molar-refractivity contribution in [2.75, 3.05) is 5.32 Å². The topological polar surface area (TPSA) is 146 Å². The predicted molar refractivity (Wildman–Crippen MR) is 178 cm³/mol. The maximum Gasteiger partial charge on any atom is 0.296 e. The molecule has 1 aliphatic carbocycles. The van der Waals surface area contributed by atoms with Gasteiger partial charge in [0.2, 0.25) is 0 Å². The average Bonchev–Trinajstić information content (AvgIpc) is 2.98. The number of nitrogens with zero attached hydrogens (tertiary/aromatic N) is 1. The van der Waals surface area contributed by atoms with E-state index < -0.39 is 25.1 Å². The van der Waals surface area contributed by atoms with Crippen LogP contribution in [-0.4, -0.2) is 25.9 Å². The van der Waals surface area contributed by atoms with Crippen LogP contribution >= 0.6 is 0 Å². The summed E-state index contributed by atoms with van der Waals surface area (Å²) in [6.45, 7) is 7.67. The van der Waals surface area contributed by atoms with Crippen molar-refractivity contribution in [2.45, 2.75) is 37.5 Å². The van der Waals surface area contributed by atoms with Crippen LogP contribution in [-0.2, 0) is 20.2 Å². The Hall–Kier alpha value is -4.81. The van der Waals surface area contributed by atoms with Crippen LogP contribution in [0.25, 0.3) is 33.4 Å². The molecule has 0 spiro atoms. The molecular weight excluding hydrogens is 625 g/mol. The third kappa shape index (κ3) is 5.81.